The van der Waals surface area contributed by atoms with E-state index >= 15 is 0 Å². The molecule has 0 spiro atoms. The molecule has 1 atom stereocenters. The molecule has 23 heavy (non-hydrogen) atoms. The van der Waals surface area contributed by atoms with E-state index in [1.54, 1.807) is 23.5 Å². The quantitative estimate of drug-likeness (QED) is 0.930. The van der Waals surface area contributed by atoms with E-state index in [9.17, 15) is 9.59 Å². The second kappa shape index (κ2) is 6.47. The van der Waals surface area contributed by atoms with E-state index in [1.165, 1.54) is 4.90 Å². The minimum absolute atomic E-state index is 0.0706. The van der Waals surface area contributed by atoms with Gasteiger partial charge < -0.3 is 14.7 Å². The Morgan fingerprint density at radius 2 is 2.09 bits per heavy atom. The smallest absolute Gasteiger partial charge is 0.334 e. The van der Waals surface area contributed by atoms with Gasteiger partial charge in [0.2, 0.25) is 0 Å². The van der Waals surface area contributed by atoms with E-state index in [0.717, 1.165) is 16.3 Å². The Bertz CT molecular complexity index is 726. The number of rotatable bonds is 3. The molecule has 6 nitrogen and oxygen atoms in total. The van der Waals surface area contributed by atoms with E-state index in [4.69, 9.17) is 9.84 Å². The third-order valence-electron chi connectivity index (χ3n) is 3.68. The number of carbonyl (C=O) groups is 2. The summed E-state index contributed by atoms with van der Waals surface area (Å²) < 4.78 is 5.13. The highest BCUT2D eigenvalue weighted by atomic mass is 32.1. The van der Waals surface area contributed by atoms with Gasteiger partial charge in [-0.15, -0.1) is 11.3 Å². The molecule has 1 aromatic heterocycles. The monoisotopic (exact) mass is 332 g/mol. The Hall–Kier alpha value is -2.25. The zero-order valence-corrected chi connectivity index (χ0v) is 13.4. The molecule has 0 aliphatic carbocycles. The molecule has 1 saturated heterocycles. The number of thiazole rings is 1. The minimum atomic E-state index is -1.04. The van der Waals surface area contributed by atoms with Gasteiger partial charge in [0.15, 0.2) is 6.10 Å². The molecule has 2 heterocycles. The lowest BCUT2D eigenvalue weighted by atomic mass is 10.1. The number of ether oxygens (including phenoxy) is 1. The number of carboxylic acids is 1. The Kier molecular flexibility index (Phi) is 4.40. The number of benzene rings is 1. The summed E-state index contributed by atoms with van der Waals surface area (Å²) in [7, 11) is 0. The van der Waals surface area contributed by atoms with Gasteiger partial charge in [-0.25, -0.2) is 9.78 Å². The first-order chi connectivity index (χ1) is 11.0. The SMILES string of the molecule is Cc1nc(-c2ccc(C(=O)N3CCO[C@@H](C(=O)O)C3)cc2)cs1. The summed E-state index contributed by atoms with van der Waals surface area (Å²) in [5, 5.41) is 12.0. The van der Waals surface area contributed by atoms with Crippen molar-refractivity contribution in [2.24, 2.45) is 0 Å². The number of carboxylic acid groups (broad SMARTS) is 1. The van der Waals surface area contributed by atoms with Crippen LogP contribution in [0, 0.1) is 6.92 Å². The molecule has 0 saturated carbocycles. The molecule has 7 heteroatoms. The van der Waals surface area contributed by atoms with Crippen LogP contribution in [0.3, 0.4) is 0 Å². The number of morpholine rings is 1. The first-order valence-electron chi connectivity index (χ1n) is 7.21. The fraction of sp³-hybridized carbons (Fsp3) is 0.312. The van der Waals surface area contributed by atoms with Crippen LogP contribution >= 0.6 is 11.3 Å². The molecule has 0 bridgehead atoms. The molecule has 3 rings (SSSR count). The fourth-order valence-corrected chi connectivity index (χ4v) is 3.07. The molecule has 1 fully saturated rings. The molecule has 0 radical (unpaired) electrons. The number of carbonyl (C=O) groups excluding carboxylic acids is 1. The molecule has 0 unspecified atom stereocenters. The predicted molar refractivity (Wildman–Crippen MR) is 85.6 cm³/mol. The highest BCUT2D eigenvalue weighted by molar-refractivity contribution is 7.09. The number of amides is 1. The average Bonchev–Trinajstić information content (AvgIpc) is 3.01. The van der Waals surface area contributed by atoms with Crippen LogP contribution in [-0.2, 0) is 9.53 Å². The molecule has 2 aromatic rings. The number of nitrogens with zero attached hydrogens (tertiary/aromatic N) is 2. The van der Waals surface area contributed by atoms with Crippen LogP contribution in [-0.4, -0.2) is 52.7 Å². The number of aromatic nitrogens is 1. The Morgan fingerprint density at radius 1 is 1.35 bits per heavy atom. The van der Waals surface area contributed by atoms with Crippen molar-refractivity contribution in [2.75, 3.05) is 19.7 Å². The second-order valence-electron chi connectivity index (χ2n) is 5.28. The van der Waals surface area contributed by atoms with Crippen molar-refractivity contribution in [1.29, 1.82) is 0 Å². The van der Waals surface area contributed by atoms with Crippen LogP contribution in [0.25, 0.3) is 11.3 Å². The highest BCUT2D eigenvalue weighted by Crippen LogP contribution is 2.22. The Balaban J connectivity index is 1.74. The zero-order valence-electron chi connectivity index (χ0n) is 12.6. The van der Waals surface area contributed by atoms with Crippen LogP contribution in [0.15, 0.2) is 29.6 Å². The van der Waals surface area contributed by atoms with Gasteiger partial charge >= 0.3 is 5.97 Å². The van der Waals surface area contributed by atoms with Crippen molar-refractivity contribution in [3.8, 4) is 11.3 Å². The van der Waals surface area contributed by atoms with Crippen LogP contribution in [0.1, 0.15) is 15.4 Å². The Labute approximate surface area is 137 Å². The van der Waals surface area contributed by atoms with E-state index < -0.39 is 12.1 Å². The topological polar surface area (TPSA) is 79.7 Å². The van der Waals surface area contributed by atoms with Crippen molar-refractivity contribution >= 4 is 23.2 Å². The number of aryl methyl sites for hydroxylation is 1. The van der Waals surface area contributed by atoms with Gasteiger partial charge in [0, 0.05) is 23.1 Å². The molecule has 1 aromatic carbocycles. The maximum Gasteiger partial charge on any atom is 0.334 e. The molecule has 1 amide bonds. The van der Waals surface area contributed by atoms with Gasteiger partial charge in [-0.05, 0) is 19.1 Å². The lowest BCUT2D eigenvalue weighted by Gasteiger charge is -2.30. The van der Waals surface area contributed by atoms with Gasteiger partial charge in [0.1, 0.15) is 0 Å². The lowest BCUT2D eigenvalue weighted by Crippen LogP contribution is -2.48. The molecule has 1 aliphatic rings. The van der Waals surface area contributed by atoms with E-state index in [2.05, 4.69) is 4.98 Å². The largest absolute Gasteiger partial charge is 0.479 e. The highest BCUT2D eigenvalue weighted by Gasteiger charge is 2.29. The van der Waals surface area contributed by atoms with Crippen molar-refractivity contribution in [2.45, 2.75) is 13.0 Å². The average molecular weight is 332 g/mol. The van der Waals surface area contributed by atoms with Crippen LogP contribution < -0.4 is 0 Å². The first-order valence-corrected chi connectivity index (χ1v) is 8.09. The van der Waals surface area contributed by atoms with Gasteiger partial charge in [-0.2, -0.15) is 0 Å². The molecular formula is C16H16N2O4S. The van der Waals surface area contributed by atoms with E-state index in [0.29, 0.717) is 12.1 Å². The van der Waals surface area contributed by atoms with E-state index in [1.807, 2.05) is 24.4 Å². The number of hydrogen-bond acceptors (Lipinski definition) is 5. The summed E-state index contributed by atoms with van der Waals surface area (Å²) in [6.45, 7) is 2.65. The molecule has 1 N–H and O–H groups in total. The van der Waals surface area contributed by atoms with Crippen LogP contribution in [0.2, 0.25) is 0 Å². The van der Waals surface area contributed by atoms with Crippen LogP contribution in [0.4, 0.5) is 0 Å². The third-order valence-corrected chi connectivity index (χ3v) is 4.45. The van der Waals surface area contributed by atoms with Crippen molar-refractivity contribution < 1.29 is 19.4 Å². The minimum Gasteiger partial charge on any atom is -0.479 e. The van der Waals surface area contributed by atoms with Gasteiger partial charge in [-0.3, -0.25) is 4.79 Å². The van der Waals surface area contributed by atoms with Gasteiger partial charge in [0.25, 0.3) is 5.91 Å². The molecule has 120 valence electrons. The van der Waals surface area contributed by atoms with Crippen molar-refractivity contribution in [1.82, 2.24) is 9.88 Å². The second-order valence-corrected chi connectivity index (χ2v) is 6.34. The normalized spacial score (nSPS) is 18.0. The summed E-state index contributed by atoms with van der Waals surface area (Å²) in [5.74, 6) is -1.22. The maximum atomic E-state index is 12.5. The predicted octanol–water partition coefficient (Wildman–Crippen LogP) is 2.04. The fourth-order valence-electron chi connectivity index (χ4n) is 2.45. The maximum absolute atomic E-state index is 12.5. The summed E-state index contributed by atoms with van der Waals surface area (Å²) in [5.41, 5.74) is 2.38. The van der Waals surface area contributed by atoms with Crippen molar-refractivity contribution in [3.63, 3.8) is 0 Å². The van der Waals surface area contributed by atoms with Crippen molar-refractivity contribution in [3.05, 3.63) is 40.2 Å². The van der Waals surface area contributed by atoms with Gasteiger partial charge in [0.05, 0.1) is 23.9 Å². The summed E-state index contributed by atoms with van der Waals surface area (Å²) in [6.07, 6.45) is -0.954. The molecule has 1 aliphatic heterocycles. The lowest BCUT2D eigenvalue weighted by molar-refractivity contribution is -0.154. The van der Waals surface area contributed by atoms with Gasteiger partial charge in [-0.1, -0.05) is 12.1 Å². The third kappa shape index (κ3) is 3.40. The summed E-state index contributed by atoms with van der Waals surface area (Å²) >= 11 is 1.58. The zero-order chi connectivity index (χ0) is 16.4. The number of hydrogen-bond donors (Lipinski definition) is 1. The number of aliphatic carboxylic acids is 1. The standard InChI is InChI=1S/C16H16N2O4S/c1-10-17-13(9-23-10)11-2-4-12(5-3-11)15(19)18-6-7-22-14(8-18)16(20)21/h2-5,9,14H,6-8H2,1H3,(H,20,21)/t14-/m1/s1. The Morgan fingerprint density at radius 3 is 2.70 bits per heavy atom. The summed E-state index contributed by atoms with van der Waals surface area (Å²) in [4.78, 5) is 29.4. The summed E-state index contributed by atoms with van der Waals surface area (Å²) in [6, 6.07) is 7.21. The van der Waals surface area contributed by atoms with Crippen LogP contribution in [0.5, 0.6) is 0 Å². The van der Waals surface area contributed by atoms with E-state index in [-0.39, 0.29) is 19.1 Å². The first kappa shape index (κ1) is 15.6. The molecular weight excluding hydrogens is 316 g/mol.